The van der Waals surface area contributed by atoms with E-state index < -0.39 is 18.4 Å². The molecule has 0 aliphatic carbocycles. The number of rotatable bonds is 67. The molecule has 8 nitrogen and oxygen atoms in total. The Kier molecular flexibility index (Phi) is 53.0. The summed E-state index contributed by atoms with van der Waals surface area (Å²) >= 11 is 16.6. The van der Waals surface area contributed by atoms with E-state index >= 15 is 19.2 Å². The first kappa shape index (κ1) is 120. The van der Waals surface area contributed by atoms with Crippen molar-refractivity contribution in [3.63, 3.8) is 0 Å². The number of carbonyl (C=O) groups excluding carboxylic acids is 4. The molecule has 17 heteroatoms. The number of hydrogen-bond donors (Lipinski definition) is 0. The molecular weight excluding hydrogens is 2130 g/mol. The monoisotopic (exact) mass is 2320 g/mol. The van der Waals surface area contributed by atoms with Crippen molar-refractivity contribution >= 4 is 230 Å². The number of unbranched alkanes of at least 4 members (excludes halogenated alkanes) is 43. The van der Waals surface area contributed by atoms with Gasteiger partial charge in [0.2, 0.25) is 0 Å². The molecule has 4 amide bonds. The summed E-state index contributed by atoms with van der Waals surface area (Å²) in [7, 11) is 0. The quantitative estimate of drug-likeness (QED) is 0.0216. The zero-order valence-corrected chi connectivity index (χ0v) is 103. The Labute approximate surface area is 925 Å². The molecule has 10 heterocycles. The Balaban J connectivity index is 0.000000250. The number of hydrogen-bond acceptors (Lipinski definition) is 10. The molecule has 4 aromatic carbocycles. The summed E-state index contributed by atoms with van der Waals surface area (Å²) in [6, 6.07) is 35.6. The van der Waals surface area contributed by atoms with Crippen molar-refractivity contribution in [2.24, 2.45) is 23.7 Å². The maximum atomic E-state index is 15.6. The standard InChI is InChI=1S/C60H88Br2N2O2S2.C59H82N2O2S3.C5H5S.CH4.3CH3.Sn/c1-5-9-13-17-21-23-27-31-35-45(33-29-25-19-15-11-7-3)43-63-55-49-39-37-47(61)41-51(49)67-57(55)53(59(63)65)54-58-56(50-40-38-48(62)42-52(50)68-58)64(60(54)66)44-46(34-30-26-20-16-12-8-4)36-32-28-24-22-18-14-10-6-2;1-7-10-13-16-19-21-23-26-29-43(5)40-60-54-48-36-34-46(49-37-33-44(6)64-49)39-51(48)66-56(54)52(58(60)62)53-57-55(47-35-32-42(4)38-50(47)65-57)61(59(53)63)41-45(30-27-24-18-15-12-9-3)31-28-25-22-20-17-14-11-8-2;1-5-3-2-4-6-5;;;;;/h37-42,45-46H,5-36,43-44H2,1-4H3;32-39,43,45H,7-31,40-41H2,1-6H3;2-3H,1H3;1H4;3*1H3;/b54-53+;53-52+;;;;;;. The van der Waals surface area contributed by atoms with Crippen molar-refractivity contribution in [1.82, 2.24) is 0 Å². The average molecular weight is 2320 g/mol. The van der Waals surface area contributed by atoms with E-state index in [4.69, 9.17) is 0 Å². The molecule has 0 radical (unpaired) electrons. The van der Waals surface area contributed by atoms with E-state index in [-0.39, 0.29) is 31.1 Å². The van der Waals surface area contributed by atoms with E-state index in [9.17, 15) is 0 Å². The number of nitrogens with zero attached hydrogens (tertiary/aromatic N) is 4. The van der Waals surface area contributed by atoms with Crippen molar-refractivity contribution in [2.75, 3.05) is 45.8 Å². The molecule has 4 aliphatic rings. The zero-order valence-electron chi connectivity index (χ0n) is 91.8. The normalized spacial score (nSPS) is 15.4. The van der Waals surface area contributed by atoms with Gasteiger partial charge in [-0.15, -0.1) is 56.7 Å². The average Bonchev–Trinajstić information content (AvgIpc) is 1.54. The molecule has 6 aromatic heterocycles. The van der Waals surface area contributed by atoms with Crippen LogP contribution in [-0.4, -0.2) is 68.2 Å². The van der Waals surface area contributed by atoms with Crippen molar-refractivity contribution in [3.8, 4) is 10.4 Å². The molecule has 0 saturated carbocycles. The summed E-state index contributed by atoms with van der Waals surface area (Å²) in [6.45, 7) is 27.7. The molecule has 10 aromatic rings. The van der Waals surface area contributed by atoms with Gasteiger partial charge in [0.05, 0.1) is 64.6 Å². The van der Waals surface area contributed by atoms with Crippen LogP contribution in [0.2, 0.25) is 14.8 Å². The number of aryl methyl sites for hydroxylation is 3. The number of benzene rings is 4. The van der Waals surface area contributed by atoms with E-state index in [2.05, 4.69) is 240 Å². The molecular formula is C128H188Br2N4O4S6Sn. The molecule has 4 atom stereocenters. The van der Waals surface area contributed by atoms with Crippen LogP contribution in [0.1, 0.15) is 464 Å². The summed E-state index contributed by atoms with van der Waals surface area (Å²) in [5, 5.41) is 4.56. The van der Waals surface area contributed by atoms with Crippen LogP contribution in [0.4, 0.5) is 22.7 Å². The van der Waals surface area contributed by atoms with Gasteiger partial charge in [0.1, 0.15) is 0 Å². The van der Waals surface area contributed by atoms with Gasteiger partial charge >= 0.3 is 71.4 Å². The Morgan fingerprint density at radius 3 is 0.807 bits per heavy atom. The number of fused-ring (bicyclic) bond motifs is 12. The summed E-state index contributed by atoms with van der Waals surface area (Å²) < 4.78 is 8.51. The van der Waals surface area contributed by atoms with Gasteiger partial charge in [0, 0.05) is 85.2 Å². The molecule has 145 heavy (non-hydrogen) atoms. The first-order chi connectivity index (χ1) is 70.0. The van der Waals surface area contributed by atoms with Crippen LogP contribution < -0.4 is 22.5 Å². The van der Waals surface area contributed by atoms with Crippen molar-refractivity contribution in [3.05, 3.63) is 141 Å². The van der Waals surface area contributed by atoms with Gasteiger partial charge in [-0.25, -0.2) is 0 Å². The summed E-state index contributed by atoms with van der Waals surface area (Å²) in [6.07, 6.45) is 73.1. The predicted octanol–water partition coefficient (Wildman–Crippen LogP) is 43.4. The Hall–Kier alpha value is -4.76. The van der Waals surface area contributed by atoms with Gasteiger partial charge in [-0.05, 0) is 142 Å². The predicted molar refractivity (Wildman–Crippen MR) is 660 cm³/mol. The Morgan fingerprint density at radius 2 is 0.531 bits per heavy atom. The van der Waals surface area contributed by atoms with Gasteiger partial charge in [-0.3, -0.25) is 19.2 Å². The van der Waals surface area contributed by atoms with Crippen molar-refractivity contribution in [2.45, 2.75) is 464 Å². The van der Waals surface area contributed by atoms with E-state index in [0.29, 0.717) is 52.5 Å². The fourth-order valence-electron chi connectivity index (χ4n) is 22.8. The first-order valence-electron chi connectivity index (χ1n) is 58.5. The third-order valence-electron chi connectivity index (χ3n) is 31.2. The first-order valence-corrected chi connectivity index (χ1v) is 75.0. The van der Waals surface area contributed by atoms with Gasteiger partial charge in [0.25, 0.3) is 23.6 Å². The van der Waals surface area contributed by atoms with Gasteiger partial charge in [-0.1, -0.05) is 452 Å². The van der Waals surface area contributed by atoms with Gasteiger partial charge in [-0.2, -0.15) is 0 Å². The molecule has 0 fully saturated rings. The maximum absolute atomic E-state index is 15.6. The summed E-state index contributed by atoms with van der Waals surface area (Å²) in [4.78, 5) is 86.0. The van der Waals surface area contributed by atoms with E-state index in [1.165, 1.54) is 366 Å². The Morgan fingerprint density at radius 1 is 0.276 bits per heavy atom. The van der Waals surface area contributed by atoms with Crippen LogP contribution in [0.5, 0.6) is 0 Å². The van der Waals surface area contributed by atoms with Crippen LogP contribution in [0, 0.1) is 44.4 Å². The number of halogens is 2. The molecule has 0 N–H and O–H groups in total. The second kappa shape index (κ2) is 63.8. The second-order valence-electron chi connectivity index (χ2n) is 44.8. The molecule has 4 unspecified atom stereocenters. The van der Waals surface area contributed by atoms with Crippen molar-refractivity contribution < 1.29 is 19.2 Å². The molecule has 0 bridgehead atoms. The minimum absolute atomic E-state index is 0. The molecule has 0 saturated heterocycles. The van der Waals surface area contributed by atoms with Gasteiger partial charge in [0.15, 0.2) is 0 Å². The van der Waals surface area contributed by atoms with E-state index in [1.54, 1.807) is 48.2 Å². The summed E-state index contributed by atoms with van der Waals surface area (Å²) in [5.74, 6) is 1.79. The summed E-state index contributed by atoms with van der Waals surface area (Å²) in [5.41, 5.74) is 9.21. The van der Waals surface area contributed by atoms with Crippen LogP contribution in [0.15, 0.2) is 106 Å². The van der Waals surface area contributed by atoms with Crippen LogP contribution in [-0.2, 0) is 19.2 Å². The Bertz CT molecular complexity index is 5540. The molecule has 14 rings (SSSR count). The fourth-order valence-corrected chi connectivity index (χ4v) is 36.4. The van der Waals surface area contributed by atoms with Crippen LogP contribution in [0.3, 0.4) is 0 Å². The number of carbonyl (C=O) groups is 4. The van der Waals surface area contributed by atoms with E-state index in [0.717, 1.165) is 137 Å². The van der Waals surface area contributed by atoms with Crippen LogP contribution in [0.25, 0.3) is 73.1 Å². The fraction of sp³-hybridized carbons (Fsp3) is 0.625. The van der Waals surface area contributed by atoms with Gasteiger partial charge < -0.3 is 19.6 Å². The molecule has 4 aliphatic heterocycles. The van der Waals surface area contributed by atoms with E-state index in [1.807, 2.05) is 22.7 Å². The zero-order chi connectivity index (χ0) is 102. The topological polar surface area (TPSA) is 81.2 Å². The third-order valence-corrected chi connectivity index (χ3v) is 48.4. The minimum atomic E-state index is -1.67. The second-order valence-corrected chi connectivity index (χ2v) is 68.8. The van der Waals surface area contributed by atoms with Crippen LogP contribution >= 0.6 is 99.9 Å². The number of amides is 4. The SMILES string of the molecule is C.CCCCCCCCCCC(C)CN1C(=O)/C(=C2/C(=O)N(CC(CCCCCCCC)CCCCCCCCCC)c3c2sc2cc(C)ccc32)c2sc3cc(-c4ccc(C)s4)ccc3c21.CCCCCCCCCCC(CCCCCCCC)CN1C(=O)/C(=C2/C(=O)N(CC(CCCCCCCC)CCCCCCCCCC)c3c2sc2cc(Br)ccc32)c2sc3cc(Br)ccc3c21.Cc1cc[c]([Sn]([CH3])([CH3])[CH3])s1. The molecule has 798 valence electrons. The molecule has 0 spiro atoms. The number of anilines is 4. The number of thiophene rings is 6. The van der Waals surface area contributed by atoms with Crippen molar-refractivity contribution in [1.29, 1.82) is 0 Å². The third kappa shape index (κ3) is 34.6.